The van der Waals surface area contributed by atoms with E-state index in [9.17, 15) is 19.8 Å². The van der Waals surface area contributed by atoms with Crippen LogP contribution in [0.3, 0.4) is 0 Å². The van der Waals surface area contributed by atoms with Crippen LogP contribution in [0.5, 0.6) is 11.5 Å². The maximum Gasteiger partial charge on any atom is 0.293 e. The molecule has 2 aromatic carbocycles. The summed E-state index contributed by atoms with van der Waals surface area (Å²) in [4.78, 5) is 25.9. The van der Waals surface area contributed by atoms with Crippen LogP contribution in [0.25, 0.3) is 6.08 Å². The summed E-state index contributed by atoms with van der Waals surface area (Å²) in [6.45, 7) is 0.226. The van der Waals surface area contributed by atoms with Gasteiger partial charge in [0.15, 0.2) is 11.5 Å². The number of nitrogens with zero attached hydrogens (tertiary/aromatic N) is 1. The number of thioether (sulfide) groups is 1. The molecule has 1 saturated heterocycles. The molecular weight excluding hydrogens is 314 g/mol. The number of benzene rings is 2. The van der Waals surface area contributed by atoms with Crippen LogP contribution < -0.4 is 0 Å². The number of phenolic OH excluding ortho intramolecular Hbond substituents is 2. The summed E-state index contributed by atoms with van der Waals surface area (Å²) >= 11 is 0.860. The topological polar surface area (TPSA) is 77.8 Å². The molecule has 2 amide bonds. The normalized spacial score (nSPS) is 16.3. The third-order valence-electron chi connectivity index (χ3n) is 3.35. The fraction of sp³-hybridized carbons (Fsp3) is 0.0588. The second-order valence-electron chi connectivity index (χ2n) is 5.00. The van der Waals surface area contributed by atoms with Crippen molar-refractivity contribution < 1.29 is 19.8 Å². The van der Waals surface area contributed by atoms with E-state index in [0.29, 0.717) is 5.56 Å². The first-order valence-electron chi connectivity index (χ1n) is 6.86. The van der Waals surface area contributed by atoms with Crippen molar-refractivity contribution in [2.45, 2.75) is 6.54 Å². The molecule has 0 unspecified atom stereocenters. The van der Waals surface area contributed by atoms with E-state index in [0.717, 1.165) is 17.3 Å². The minimum absolute atomic E-state index is 0.226. The smallest absolute Gasteiger partial charge is 0.293 e. The van der Waals surface area contributed by atoms with Crippen molar-refractivity contribution >= 4 is 29.0 Å². The fourth-order valence-corrected chi connectivity index (χ4v) is 3.02. The molecule has 116 valence electrons. The lowest BCUT2D eigenvalue weighted by atomic mass is 10.2. The number of hydrogen-bond donors (Lipinski definition) is 2. The van der Waals surface area contributed by atoms with E-state index in [1.165, 1.54) is 23.1 Å². The Morgan fingerprint density at radius 1 is 1.00 bits per heavy atom. The number of phenols is 2. The number of amides is 2. The molecule has 0 bridgehead atoms. The van der Waals surface area contributed by atoms with Crippen molar-refractivity contribution in [1.29, 1.82) is 0 Å². The number of imide groups is 1. The van der Waals surface area contributed by atoms with Crippen molar-refractivity contribution in [3.8, 4) is 11.5 Å². The molecule has 0 aliphatic carbocycles. The Morgan fingerprint density at radius 3 is 2.43 bits per heavy atom. The fourth-order valence-electron chi connectivity index (χ4n) is 2.18. The minimum Gasteiger partial charge on any atom is -0.504 e. The average molecular weight is 327 g/mol. The Morgan fingerprint density at radius 2 is 1.74 bits per heavy atom. The van der Waals surface area contributed by atoms with Gasteiger partial charge in [-0.3, -0.25) is 14.5 Å². The second-order valence-corrected chi connectivity index (χ2v) is 5.99. The van der Waals surface area contributed by atoms with Crippen LogP contribution in [0.15, 0.2) is 53.4 Å². The molecule has 2 N–H and O–H groups in total. The third kappa shape index (κ3) is 3.22. The zero-order valence-electron chi connectivity index (χ0n) is 12.0. The Labute approximate surface area is 136 Å². The van der Waals surface area contributed by atoms with Crippen LogP contribution >= 0.6 is 11.8 Å². The number of aromatic hydroxyl groups is 2. The van der Waals surface area contributed by atoms with Crippen LogP contribution in [-0.4, -0.2) is 26.3 Å². The molecule has 2 aromatic rings. The van der Waals surface area contributed by atoms with Crippen molar-refractivity contribution in [3.05, 3.63) is 64.6 Å². The highest BCUT2D eigenvalue weighted by Gasteiger charge is 2.34. The number of hydrogen-bond acceptors (Lipinski definition) is 5. The molecule has 0 atom stereocenters. The molecule has 23 heavy (non-hydrogen) atoms. The predicted octanol–water partition coefficient (Wildman–Crippen LogP) is 3.33. The lowest BCUT2D eigenvalue weighted by Crippen LogP contribution is -2.27. The van der Waals surface area contributed by atoms with E-state index in [2.05, 4.69) is 0 Å². The second kappa shape index (κ2) is 6.18. The lowest BCUT2D eigenvalue weighted by Gasteiger charge is -2.12. The first-order valence-corrected chi connectivity index (χ1v) is 7.67. The molecule has 1 heterocycles. The van der Waals surface area contributed by atoms with Crippen molar-refractivity contribution in [1.82, 2.24) is 4.90 Å². The van der Waals surface area contributed by atoms with Gasteiger partial charge in [-0.05, 0) is 41.1 Å². The van der Waals surface area contributed by atoms with Crippen LogP contribution in [0.2, 0.25) is 0 Å². The first kappa shape index (κ1) is 15.2. The van der Waals surface area contributed by atoms with E-state index in [-0.39, 0.29) is 34.1 Å². The summed E-state index contributed by atoms with van der Waals surface area (Å²) in [5.74, 6) is -0.877. The van der Waals surface area contributed by atoms with Gasteiger partial charge in [0, 0.05) is 0 Å². The molecule has 0 spiro atoms. The van der Waals surface area contributed by atoms with Gasteiger partial charge < -0.3 is 10.2 Å². The number of carbonyl (C=O) groups excluding carboxylic acids is 2. The van der Waals surface area contributed by atoms with Gasteiger partial charge in [0.25, 0.3) is 11.1 Å². The summed E-state index contributed by atoms with van der Waals surface area (Å²) in [7, 11) is 0. The van der Waals surface area contributed by atoms with E-state index in [1.807, 2.05) is 30.3 Å². The summed E-state index contributed by atoms with van der Waals surface area (Å²) in [5, 5.41) is 18.5. The Kier molecular flexibility index (Phi) is 4.08. The van der Waals surface area contributed by atoms with E-state index >= 15 is 0 Å². The van der Waals surface area contributed by atoms with Gasteiger partial charge in [0.1, 0.15) is 0 Å². The van der Waals surface area contributed by atoms with Crippen LogP contribution in [-0.2, 0) is 11.3 Å². The Balaban J connectivity index is 1.83. The Hall–Kier alpha value is -2.73. The summed E-state index contributed by atoms with van der Waals surface area (Å²) < 4.78 is 0. The van der Waals surface area contributed by atoms with Gasteiger partial charge in [0.2, 0.25) is 0 Å². The van der Waals surface area contributed by atoms with Gasteiger partial charge in [-0.2, -0.15) is 0 Å². The van der Waals surface area contributed by atoms with E-state index < -0.39 is 0 Å². The van der Waals surface area contributed by atoms with Gasteiger partial charge in [-0.15, -0.1) is 0 Å². The highest BCUT2D eigenvalue weighted by Crippen LogP contribution is 2.34. The standard InChI is InChI=1S/C17H13NO4S/c19-13-7-6-12(8-14(13)20)9-15-16(21)18(17(22)23-15)10-11-4-2-1-3-5-11/h1-9,19-20H,10H2. The molecule has 6 heteroatoms. The average Bonchev–Trinajstić information content (AvgIpc) is 2.80. The van der Waals surface area contributed by atoms with Crippen LogP contribution in [0, 0.1) is 0 Å². The molecule has 0 radical (unpaired) electrons. The minimum atomic E-state index is -0.364. The van der Waals surface area contributed by atoms with Crippen LogP contribution in [0.1, 0.15) is 11.1 Å². The van der Waals surface area contributed by atoms with Crippen molar-refractivity contribution in [2.75, 3.05) is 0 Å². The van der Waals surface area contributed by atoms with Gasteiger partial charge in [0.05, 0.1) is 11.4 Å². The molecule has 1 aliphatic rings. The maximum absolute atomic E-state index is 12.4. The molecule has 0 saturated carbocycles. The zero-order chi connectivity index (χ0) is 16.4. The zero-order valence-corrected chi connectivity index (χ0v) is 12.8. The van der Waals surface area contributed by atoms with Gasteiger partial charge in [-0.1, -0.05) is 36.4 Å². The highest BCUT2D eigenvalue weighted by molar-refractivity contribution is 8.18. The van der Waals surface area contributed by atoms with E-state index in [1.54, 1.807) is 6.07 Å². The van der Waals surface area contributed by atoms with Crippen molar-refractivity contribution in [3.63, 3.8) is 0 Å². The summed E-state index contributed by atoms with van der Waals surface area (Å²) in [5.41, 5.74) is 1.41. The molecule has 1 aliphatic heterocycles. The van der Waals surface area contributed by atoms with Crippen molar-refractivity contribution in [2.24, 2.45) is 0 Å². The van der Waals surface area contributed by atoms with E-state index in [4.69, 9.17) is 0 Å². The first-order chi connectivity index (χ1) is 11.0. The quantitative estimate of drug-likeness (QED) is 0.668. The molecule has 5 nitrogen and oxygen atoms in total. The van der Waals surface area contributed by atoms with Crippen LogP contribution in [0.4, 0.5) is 4.79 Å². The third-order valence-corrected chi connectivity index (χ3v) is 4.26. The largest absolute Gasteiger partial charge is 0.504 e. The molecule has 1 fully saturated rings. The van der Waals surface area contributed by atoms with Gasteiger partial charge in [-0.25, -0.2) is 0 Å². The number of rotatable bonds is 3. The number of carbonyl (C=O) groups is 2. The predicted molar refractivity (Wildman–Crippen MR) is 87.7 cm³/mol. The SMILES string of the molecule is O=C1SC(=Cc2ccc(O)c(O)c2)C(=O)N1Cc1ccccc1. The summed E-state index contributed by atoms with van der Waals surface area (Å²) in [6, 6.07) is 13.5. The van der Waals surface area contributed by atoms with Gasteiger partial charge >= 0.3 is 0 Å². The molecule has 0 aromatic heterocycles. The maximum atomic E-state index is 12.4. The monoisotopic (exact) mass is 327 g/mol. The summed E-state index contributed by atoms with van der Waals surface area (Å²) in [6.07, 6.45) is 1.52. The lowest BCUT2D eigenvalue weighted by molar-refractivity contribution is -0.123. The Bertz CT molecular complexity index is 801. The highest BCUT2D eigenvalue weighted by atomic mass is 32.2. The molecular formula is C17H13NO4S. The molecule has 3 rings (SSSR count).